The van der Waals surface area contributed by atoms with Crippen molar-refractivity contribution >= 4 is 11.3 Å². The van der Waals surface area contributed by atoms with Gasteiger partial charge in [0.25, 0.3) is 0 Å². The van der Waals surface area contributed by atoms with Gasteiger partial charge in [-0.1, -0.05) is 6.92 Å². The van der Waals surface area contributed by atoms with Crippen molar-refractivity contribution in [2.75, 3.05) is 19.6 Å². The minimum absolute atomic E-state index is 0.622. The SMILES string of the molecule is CCN1CCCC(C(C)NCc2cc(C)c(C)s2)C1. The first-order valence-corrected chi connectivity index (χ1v) is 8.43. The minimum atomic E-state index is 0.622. The molecule has 0 aromatic carbocycles. The van der Waals surface area contributed by atoms with Gasteiger partial charge in [0.2, 0.25) is 0 Å². The molecule has 1 aromatic rings. The Bertz CT molecular complexity index is 380. The fourth-order valence-electron chi connectivity index (χ4n) is 2.95. The number of rotatable bonds is 5. The minimum Gasteiger partial charge on any atom is -0.309 e. The first-order valence-electron chi connectivity index (χ1n) is 7.61. The molecule has 2 rings (SSSR count). The van der Waals surface area contributed by atoms with Gasteiger partial charge in [0.15, 0.2) is 0 Å². The maximum absolute atomic E-state index is 3.74. The van der Waals surface area contributed by atoms with Crippen LogP contribution in [0.3, 0.4) is 0 Å². The topological polar surface area (TPSA) is 15.3 Å². The fourth-order valence-corrected chi connectivity index (χ4v) is 3.96. The molecule has 19 heavy (non-hydrogen) atoms. The van der Waals surface area contributed by atoms with Crippen LogP contribution in [0.15, 0.2) is 6.07 Å². The van der Waals surface area contributed by atoms with Crippen molar-refractivity contribution in [2.24, 2.45) is 5.92 Å². The number of nitrogens with one attached hydrogen (secondary N) is 1. The van der Waals surface area contributed by atoms with Gasteiger partial charge in [0.05, 0.1) is 0 Å². The Morgan fingerprint density at radius 2 is 2.26 bits per heavy atom. The summed E-state index contributed by atoms with van der Waals surface area (Å²) in [5.74, 6) is 0.816. The standard InChI is InChI=1S/C16H28N2S/c1-5-18-8-6-7-15(11-18)13(3)17-10-16-9-12(2)14(4)19-16/h9,13,15,17H,5-8,10-11H2,1-4H3. The summed E-state index contributed by atoms with van der Waals surface area (Å²) in [6, 6.07) is 2.95. The quantitative estimate of drug-likeness (QED) is 0.887. The molecule has 0 amide bonds. The lowest BCUT2D eigenvalue weighted by molar-refractivity contribution is 0.157. The highest BCUT2D eigenvalue weighted by molar-refractivity contribution is 7.12. The molecule has 0 saturated carbocycles. The molecule has 0 bridgehead atoms. The highest BCUT2D eigenvalue weighted by Gasteiger charge is 2.23. The smallest absolute Gasteiger partial charge is 0.0302 e. The first-order chi connectivity index (χ1) is 9.10. The number of thiophene rings is 1. The molecule has 2 nitrogen and oxygen atoms in total. The van der Waals surface area contributed by atoms with Crippen molar-refractivity contribution in [1.29, 1.82) is 0 Å². The highest BCUT2D eigenvalue weighted by atomic mass is 32.1. The largest absolute Gasteiger partial charge is 0.309 e. The number of likely N-dealkylation sites (tertiary alicyclic amines) is 1. The Morgan fingerprint density at radius 1 is 1.47 bits per heavy atom. The van der Waals surface area contributed by atoms with Crippen LogP contribution in [-0.2, 0) is 6.54 Å². The molecular formula is C16H28N2S. The summed E-state index contributed by atoms with van der Waals surface area (Å²) in [5.41, 5.74) is 1.43. The van der Waals surface area contributed by atoms with Gasteiger partial charge in [-0.3, -0.25) is 0 Å². The van der Waals surface area contributed by atoms with E-state index in [0.29, 0.717) is 6.04 Å². The van der Waals surface area contributed by atoms with E-state index >= 15 is 0 Å². The van der Waals surface area contributed by atoms with E-state index in [4.69, 9.17) is 0 Å². The zero-order chi connectivity index (χ0) is 13.8. The van der Waals surface area contributed by atoms with Crippen LogP contribution in [0.5, 0.6) is 0 Å². The average Bonchev–Trinajstić information content (AvgIpc) is 2.75. The van der Waals surface area contributed by atoms with Crippen LogP contribution in [0, 0.1) is 19.8 Å². The highest BCUT2D eigenvalue weighted by Crippen LogP contribution is 2.22. The molecule has 1 saturated heterocycles. The van der Waals surface area contributed by atoms with Gasteiger partial charge in [0.1, 0.15) is 0 Å². The average molecular weight is 280 g/mol. The number of aryl methyl sites for hydroxylation is 2. The number of hydrogen-bond donors (Lipinski definition) is 1. The normalized spacial score (nSPS) is 22.6. The van der Waals surface area contributed by atoms with E-state index in [0.717, 1.165) is 12.5 Å². The number of hydrogen-bond acceptors (Lipinski definition) is 3. The molecule has 108 valence electrons. The number of nitrogens with zero attached hydrogens (tertiary/aromatic N) is 1. The Labute approximate surface area is 122 Å². The van der Waals surface area contributed by atoms with Gasteiger partial charge < -0.3 is 10.2 Å². The molecule has 1 aromatic heterocycles. The van der Waals surface area contributed by atoms with Gasteiger partial charge in [-0.25, -0.2) is 0 Å². The molecule has 1 aliphatic heterocycles. The molecule has 3 heteroatoms. The lowest BCUT2D eigenvalue weighted by Crippen LogP contribution is -2.44. The van der Waals surface area contributed by atoms with E-state index < -0.39 is 0 Å². The molecule has 1 N–H and O–H groups in total. The van der Waals surface area contributed by atoms with Gasteiger partial charge in [-0.05, 0) is 64.3 Å². The lowest BCUT2D eigenvalue weighted by Gasteiger charge is -2.35. The third kappa shape index (κ3) is 4.04. The Morgan fingerprint density at radius 3 is 2.89 bits per heavy atom. The molecular weight excluding hydrogens is 252 g/mol. The van der Waals surface area contributed by atoms with E-state index in [-0.39, 0.29) is 0 Å². The van der Waals surface area contributed by atoms with Gasteiger partial charge >= 0.3 is 0 Å². The zero-order valence-electron chi connectivity index (χ0n) is 12.8. The monoisotopic (exact) mass is 280 g/mol. The van der Waals surface area contributed by atoms with Crippen molar-refractivity contribution in [3.63, 3.8) is 0 Å². The maximum Gasteiger partial charge on any atom is 0.0302 e. The maximum atomic E-state index is 3.74. The predicted molar refractivity (Wildman–Crippen MR) is 84.9 cm³/mol. The number of piperidine rings is 1. The van der Waals surface area contributed by atoms with Crippen LogP contribution < -0.4 is 5.32 Å². The Balaban J connectivity index is 1.81. The summed E-state index contributed by atoms with van der Waals surface area (Å²) >= 11 is 1.94. The van der Waals surface area contributed by atoms with E-state index in [1.54, 1.807) is 0 Å². The van der Waals surface area contributed by atoms with Gasteiger partial charge in [-0.2, -0.15) is 0 Å². The first kappa shape index (κ1) is 15.0. The summed E-state index contributed by atoms with van der Waals surface area (Å²) in [7, 11) is 0. The summed E-state index contributed by atoms with van der Waals surface area (Å²) in [6.45, 7) is 13.9. The van der Waals surface area contributed by atoms with Crippen molar-refractivity contribution in [3.05, 3.63) is 21.4 Å². The predicted octanol–water partition coefficient (Wildman–Crippen LogP) is 3.57. The van der Waals surface area contributed by atoms with E-state index in [9.17, 15) is 0 Å². The van der Waals surface area contributed by atoms with Gasteiger partial charge in [-0.15, -0.1) is 11.3 Å². The van der Waals surface area contributed by atoms with Crippen LogP contribution in [0.4, 0.5) is 0 Å². The summed E-state index contributed by atoms with van der Waals surface area (Å²) in [6.07, 6.45) is 2.74. The van der Waals surface area contributed by atoms with Crippen LogP contribution in [0.2, 0.25) is 0 Å². The summed E-state index contributed by atoms with van der Waals surface area (Å²) < 4.78 is 0. The molecule has 2 unspecified atom stereocenters. The Hall–Kier alpha value is -0.380. The summed E-state index contributed by atoms with van der Waals surface area (Å²) in [4.78, 5) is 5.52. The van der Waals surface area contributed by atoms with E-state index in [2.05, 4.69) is 44.0 Å². The second kappa shape index (κ2) is 6.87. The molecule has 0 spiro atoms. The Kier molecular flexibility index (Phi) is 5.43. The second-order valence-electron chi connectivity index (χ2n) is 5.92. The van der Waals surface area contributed by atoms with E-state index in [1.807, 2.05) is 11.3 Å². The van der Waals surface area contributed by atoms with Crippen LogP contribution in [0.25, 0.3) is 0 Å². The molecule has 2 heterocycles. The third-order valence-corrected chi connectivity index (χ3v) is 5.66. The van der Waals surface area contributed by atoms with Crippen LogP contribution in [0.1, 0.15) is 42.0 Å². The van der Waals surface area contributed by atoms with Crippen molar-refractivity contribution < 1.29 is 0 Å². The third-order valence-electron chi connectivity index (χ3n) is 4.51. The van der Waals surface area contributed by atoms with Crippen molar-refractivity contribution in [1.82, 2.24) is 10.2 Å². The molecule has 1 aliphatic rings. The lowest BCUT2D eigenvalue weighted by atomic mass is 9.91. The van der Waals surface area contributed by atoms with Crippen LogP contribution in [-0.4, -0.2) is 30.6 Å². The van der Waals surface area contributed by atoms with Crippen molar-refractivity contribution in [2.45, 2.75) is 53.1 Å². The van der Waals surface area contributed by atoms with Gasteiger partial charge in [0, 0.05) is 28.9 Å². The fraction of sp³-hybridized carbons (Fsp3) is 0.750. The molecule has 2 atom stereocenters. The summed E-state index contributed by atoms with van der Waals surface area (Å²) in [5, 5.41) is 3.74. The van der Waals surface area contributed by atoms with E-state index in [1.165, 1.54) is 47.8 Å². The second-order valence-corrected chi connectivity index (χ2v) is 7.26. The zero-order valence-corrected chi connectivity index (χ0v) is 13.6. The van der Waals surface area contributed by atoms with Crippen LogP contribution >= 0.6 is 11.3 Å². The van der Waals surface area contributed by atoms with Crippen molar-refractivity contribution in [3.8, 4) is 0 Å². The molecule has 0 radical (unpaired) electrons. The molecule has 0 aliphatic carbocycles. The molecule has 1 fully saturated rings.